The Bertz CT molecular complexity index is 1010. The van der Waals surface area contributed by atoms with Gasteiger partial charge in [0.15, 0.2) is 11.5 Å². The van der Waals surface area contributed by atoms with E-state index in [1.165, 1.54) is 0 Å². The molecule has 1 saturated heterocycles. The van der Waals surface area contributed by atoms with E-state index < -0.39 is 0 Å². The van der Waals surface area contributed by atoms with Crippen molar-refractivity contribution in [3.63, 3.8) is 0 Å². The van der Waals surface area contributed by atoms with Crippen molar-refractivity contribution in [3.8, 4) is 17.2 Å². The lowest BCUT2D eigenvalue weighted by Gasteiger charge is -2.38. The van der Waals surface area contributed by atoms with Crippen molar-refractivity contribution in [1.29, 1.82) is 0 Å². The van der Waals surface area contributed by atoms with Crippen LogP contribution in [0.2, 0.25) is 0 Å². The molecule has 35 heavy (non-hydrogen) atoms. The second-order valence-corrected chi connectivity index (χ2v) is 9.11. The first kappa shape index (κ1) is 26.2. The highest BCUT2D eigenvalue weighted by Gasteiger charge is 2.35. The van der Waals surface area contributed by atoms with Gasteiger partial charge in [-0.1, -0.05) is 24.3 Å². The first-order valence-corrected chi connectivity index (χ1v) is 12.0. The SMILES string of the molecule is COc1ccccc1CCNC(=O)[C@@H]1C[C@@H](c2ccc(OC)c(OC)c2)CN(C(=O)NC(C)C)C1. The van der Waals surface area contributed by atoms with Crippen LogP contribution in [-0.2, 0) is 11.2 Å². The number of amides is 3. The highest BCUT2D eigenvalue weighted by Crippen LogP contribution is 2.36. The summed E-state index contributed by atoms with van der Waals surface area (Å²) >= 11 is 0. The van der Waals surface area contributed by atoms with Gasteiger partial charge < -0.3 is 29.7 Å². The Morgan fingerprint density at radius 1 is 0.971 bits per heavy atom. The number of urea groups is 1. The van der Waals surface area contributed by atoms with Crippen LogP contribution in [0.5, 0.6) is 17.2 Å². The van der Waals surface area contributed by atoms with E-state index in [1.54, 1.807) is 26.2 Å². The zero-order valence-corrected chi connectivity index (χ0v) is 21.3. The van der Waals surface area contributed by atoms with Crippen molar-refractivity contribution in [2.45, 2.75) is 38.6 Å². The molecular weight excluding hydrogens is 446 g/mol. The summed E-state index contributed by atoms with van der Waals surface area (Å²) in [7, 11) is 4.84. The molecule has 0 spiro atoms. The van der Waals surface area contributed by atoms with E-state index in [1.807, 2.05) is 56.3 Å². The van der Waals surface area contributed by atoms with E-state index in [0.29, 0.717) is 44.0 Å². The Kier molecular flexibility index (Phi) is 9.23. The van der Waals surface area contributed by atoms with Crippen molar-refractivity contribution >= 4 is 11.9 Å². The molecule has 0 radical (unpaired) electrons. The fraction of sp³-hybridized carbons (Fsp3) is 0.481. The van der Waals surface area contributed by atoms with Gasteiger partial charge >= 0.3 is 6.03 Å². The Morgan fingerprint density at radius 2 is 1.69 bits per heavy atom. The van der Waals surface area contributed by atoms with Crippen molar-refractivity contribution in [1.82, 2.24) is 15.5 Å². The predicted octanol–water partition coefficient (Wildman–Crippen LogP) is 3.59. The van der Waals surface area contributed by atoms with Crippen LogP contribution in [-0.4, -0.2) is 63.8 Å². The summed E-state index contributed by atoms with van der Waals surface area (Å²) in [5.74, 6) is 1.71. The second-order valence-electron chi connectivity index (χ2n) is 9.11. The number of para-hydroxylation sites is 1. The van der Waals surface area contributed by atoms with E-state index in [2.05, 4.69) is 10.6 Å². The molecule has 1 aliphatic rings. The number of nitrogens with zero attached hydrogens (tertiary/aromatic N) is 1. The van der Waals surface area contributed by atoms with Gasteiger partial charge in [0, 0.05) is 31.6 Å². The number of hydrogen-bond acceptors (Lipinski definition) is 5. The summed E-state index contributed by atoms with van der Waals surface area (Å²) in [4.78, 5) is 27.8. The normalized spacial score (nSPS) is 17.6. The summed E-state index contributed by atoms with van der Waals surface area (Å²) in [6.07, 6.45) is 1.31. The van der Waals surface area contributed by atoms with Gasteiger partial charge in [-0.3, -0.25) is 4.79 Å². The molecule has 1 fully saturated rings. The van der Waals surface area contributed by atoms with Crippen molar-refractivity contribution in [3.05, 3.63) is 53.6 Å². The number of benzene rings is 2. The molecule has 0 aromatic heterocycles. The molecule has 2 aromatic rings. The van der Waals surface area contributed by atoms with Crippen LogP contribution in [0.3, 0.4) is 0 Å². The molecule has 2 aromatic carbocycles. The monoisotopic (exact) mass is 483 g/mol. The van der Waals surface area contributed by atoms with E-state index >= 15 is 0 Å². The van der Waals surface area contributed by atoms with E-state index in [4.69, 9.17) is 14.2 Å². The molecule has 2 N–H and O–H groups in total. The number of nitrogens with one attached hydrogen (secondary N) is 2. The number of rotatable bonds is 9. The lowest BCUT2D eigenvalue weighted by molar-refractivity contribution is -0.126. The average molecular weight is 484 g/mol. The summed E-state index contributed by atoms with van der Waals surface area (Å²) in [6.45, 7) is 5.25. The average Bonchev–Trinajstić information content (AvgIpc) is 2.87. The molecule has 1 aliphatic heterocycles. The summed E-state index contributed by atoms with van der Waals surface area (Å²) in [5.41, 5.74) is 2.05. The standard InChI is InChI=1S/C27H37N3O5/c1-18(2)29-27(32)30-16-21(20-10-11-24(34-4)25(15-20)35-5)14-22(17-30)26(31)28-13-12-19-8-6-7-9-23(19)33-3/h6-11,15,18,21-22H,12-14,16-17H2,1-5H3,(H,28,31)(H,29,32)/t21-,22-/m1/s1. The first-order valence-electron chi connectivity index (χ1n) is 12.0. The van der Waals surface area contributed by atoms with Crippen LogP contribution in [0.1, 0.15) is 37.3 Å². The summed E-state index contributed by atoms with van der Waals surface area (Å²) < 4.78 is 16.2. The molecule has 190 valence electrons. The number of piperidine rings is 1. The molecule has 0 aliphatic carbocycles. The Balaban J connectivity index is 1.74. The topological polar surface area (TPSA) is 89.1 Å². The minimum atomic E-state index is -0.322. The molecule has 0 bridgehead atoms. The minimum Gasteiger partial charge on any atom is -0.496 e. The summed E-state index contributed by atoms with van der Waals surface area (Å²) in [5, 5.41) is 6.03. The van der Waals surface area contributed by atoms with Crippen LogP contribution in [0.15, 0.2) is 42.5 Å². The zero-order chi connectivity index (χ0) is 25.4. The van der Waals surface area contributed by atoms with E-state index in [-0.39, 0.29) is 29.8 Å². The van der Waals surface area contributed by atoms with Crippen molar-refractivity contribution < 1.29 is 23.8 Å². The largest absolute Gasteiger partial charge is 0.496 e. The van der Waals surface area contributed by atoms with Gasteiger partial charge in [0.1, 0.15) is 5.75 Å². The number of likely N-dealkylation sites (tertiary alicyclic amines) is 1. The zero-order valence-electron chi connectivity index (χ0n) is 21.3. The Labute approximate surface area is 207 Å². The van der Waals surface area contributed by atoms with Gasteiger partial charge in [0.05, 0.1) is 27.2 Å². The molecule has 0 saturated carbocycles. The number of hydrogen-bond donors (Lipinski definition) is 2. The smallest absolute Gasteiger partial charge is 0.317 e. The predicted molar refractivity (Wildman–Crippen MR) is 135 cm³/mol. The van der Waals surface area contributed by atoms with Crippen LogP contribution >= 0.6 is 0 Å². The molecule has 0 unspecified atom stereocenters. The van der Waals surface area contributed by atoms with E-state index in [9.17, 15) is 9.59 Å². The lowest BCUT2D eigenvalue weighted by atomic mass is 9.84. The van der Waals surface area contributed by atoms with Crippen LogP contribution in [0, 0.1) is 5.92 Å². The molecule has 8 nitrogen and oxygen atoms in total. The Hall–Kier alpha value is -3.42. The molecule has 2 atom stereocenters. The van der Waals surface area contributed by atoms with Gasteiger partial charge in [-0.15, -0.1) is 0 Å². The van der Waals surface area contributed by atoms with Crippen molar-refractivity contribution in [2.75, 3.05) is 41.0 Å². The maximum Gasteiger partial charge on any atom is 0.317 e. The third-order valence-corrected chi connectivity index (χ3v) is 6.29. The van der Waals surface area contributed by atoms with Crippen LogP contribution < -0.4 is 24.8 Å². The highest BCUT2D eigenvalue weighted by atomic mass is 16.5. The molecule has 3 amide bonds. The lowest BCUT2D eigenvalue weighted by Crippen LogP contribution is -2.52. The number of ether oxygens (including phenoxy) is 3. The number of carbonyl (C=O) groups excluding carboxylic acids is 2. The molecule has 1 heterocycles. The molecule has 3 rings (SSSR count). The number of methoxy groups -OCH3 is 3. The van der Waals surface area contributed by atoms with Gasteiger partial charge in [-0.05, 0) is 56.0 Å². The second kappa shape index (κ2) is 12.3. The molecule has 8 heteroatoms. The quantitative estimate of drug-likeness (QED) is 0.569. The minimum absolute atomic E-state index is 0.00793. The van der Waals surface area contributed by atoms with E-state index in [0.717, 1.165) is 16.9 Å². The van der Waals surface area contributed by atoms with Crippen LogP contribution in [0.25, 0.3) is 0 Å². The number of carbonyl (C=O) groups is 2. The Morgan fingerprint density at radius 3 is 2.37 bits per heavy atom. The maximum absolute atomic E-state index is 13.2. The third-order valence-electron chi connectivity index (χ3n) is 6.29. The van der Waals surface area contributed by atoms with Gasteiger partial charge in [-0.25, -0.2) is 4.79 Å². The summed E-state index contributed by atoms with van der Waals surface area (Å²) in [6, 6.07) is 13.4. The third kappa shape index (κ3) is 6.81. The maximum atomic E-state index is 13.2. The van der Waals surface area contributed by atoms with Gasteiger partial charge in [-0.2, -0.15) is 0 Å². The van der Waals surface area contributed by atoms with Crippen molar-refractivity contribution in [2.24, 2.45) is 5.92 Å². The first-order chi connectivity index (χ1) is 16.9. The fourth-order valence-electron chi connectivity index (χ4n) is 4.52. The van der Waals surface area contributed by atoms with Crippen LogP contribution in [0.4, 0.5) is 4.79 Å². The van der Waals surface area contributed by atoms with Gasteiger partial charge in [0.25, 0.3) is 0 Å². The van der Waals surface area contributed by atoms with Gasteiger partial charge in [0.2, 0.25) is 5.91 Å². The molecular formula is C27H37N3O5. The highest BCUT2D eigenvalue weighted by molar-refractivity contribution is 5.81. The fourth-order valence-corrected chi connectivity index (χ4v) is 4.52.